The normalized spacial score (nSPS) is 35.2. The lowest BCUT2D eigenvalue weighted by molar-refractivity contribution is -0.475. The summed E-state index contributed by atoms with van der Waals surface area (Å²) in [7, 11) is 4.53. The summed E-state index contributed by atoms with van der Waals surface area (Å²) in [6, 6.07) is 6.91. The van der Waals surface area contributed by atoms with Gasteiger partial charge in [-0.25, -0.2) is 0 Å². The summed E-state index contributed by atoms with van der Waals surface area (Å²) in [5, 5.41) is 0. The van der Waals surface area contributed by atoms with E-state index in [1.807, 2.05) is 6.92 Å². The minimum Gasteiger partial charge on any atom is -0.497 e. The number of carbonyl (C=O) groups is 2. The highest BCUT2D eigenvalue weighted by atomic mass is 16.8. The molecule has 2 heterocycles. The SMILES string of the molecule is COc1ccc(O[C@H]2O[C@H](C)[C@H]3OC(C)(OC)C(C)(OC)O[C@@H]3[C@@H]2OC(=O)CCC(C)=O)cc1. The first-order valence-corrected chi connectivity index (χ1v) is 11.2. The third-order valence-electron chi connectivity index (χ3n) is 6.31. The van der Waals surface area contributed by atoms with Crippen LogP contribution in [0.25, 0.3) is 0 Å². The molecule has 2 saturated heterocycles. The Kier molecular flexibility index (Phi) is 8.20. The van der Waals surface area contributed by atoms with Crippen LogP contribution < -0.4 is 9.47 Å². The highest BCUT2D eigenvalue weighted by Crippen LogP contribution is 2.44. The lowest BCUT2D eigenvalue weighted by atomic mass is 9.94. The maximum Gasteiger partial charge on any atom is 0.306 e. The van der Waals surface area contributed by atoms with Crippen molar-refractivity contribution >= 4 is 11.8 Å². The molecule has 3 rings (SSSR count). The average molecular weight is 483 g/mol. The first kappa shape index (κ1) is 26.4. The van der Waals surface area contributed by atoms with E-state index in [1.54, 1.807) is 45.2 Å². The van der Waals surface area contributed by atoms with Crippen LogP contribution in [0.2, 0.25) is 0 Å². The van der Waals surface area contributed by atoms with Crippen molar-refractivity contribution < 1.29 is 47.5 Å². The number of methoxy groups -OCH3 is 3. The van der Waals surface area contributed by atoms with E-state index in [-0.39, 0.29) is 18.6 Å². The number of ketones is 1. The van der Waals surface area contributed by atoms with E-state index in [4.69, 9.17) is 37.9 Å². The molecule has 10 nitrogen and oxygen atoms in total. The Balaban J connectivity index is 1.90. The summed E-state index contributed by atoms with van der Waals surface area (Å²) in [5.74, 6) is -2.13. The lowest BCUT2D eigenvalue weighted by Crippen LogP contribution is -2.73. The molecular weight excluding hydrogens is 448 g/mol. The van der Waals surface area contributed by atoms with E-state index in [0.29, 0.717) is 11.5 Å². The van der Waals surface area contributed by atoms with Gasteiger partial charge in [0.1, 0.15) is 29.5 Å². The van der Waals surface area contributed by atoms with Crippen molar-refractivity contribution in [3.05, 3.63) is 24.3 Å². The third-order valence-corrected chi connectivity index (χ3v) is 6.31. The summed E-state index contributed by atoms with van der Waals surface area (Å²) in [4.78, 5) is 24.0. The summed E-state index contributed by atoms with van der Waals surface area (Å²) in [6.45, 7) is 6.61. The van der Waals surface area contributed by atoms with Crippen molar-refractivity contribution in [2.75, 3.05) is 21.3 Å². The van der Waals surface area contributed by atoms with Gasteiger partial charge in [0.15, 0.2) is 6.10 Å². The molecule has 0 aliphatic carbocycles. The molecule has 0 amide bonds. The summed E-state index contributed by atoms with van der Waals surface area (Å²) in [6.07, 6.45) is -4.00. The molecule has 190 valence electrons. The fourth-order valence-corrected chi connectivity index (χ4v) is 3.97. The van der Waals surface area contributed by atoms with Gasteiger partial charge in [0.2, 0.25) is 17.9 Å². The fraction of sp³-hybridized carbons (Fsp3) is 0.667. The summed E-state index contributed by atoms with van der Waals surface area (Å²) in [5.41, 5.74) is 0. The van der Waals surface area contributed by atoms with Crippen LogP contribution in [0.3, 0.4) is 0 Å². The Hall–Kier alpha value is -2.24. The van der Waals surface area contributed by atoms with E-state index in [1.165, 1.54) is 21.1 Å². The average Bonchev–Trinajstić information content (AvgIpc) is 2.82. The number of hydrogen-bond donors (Lipinski definition) is 0. The highest BCUT2D eigenvalue weighted by Gasteiger charge is 2.63. The van der Waals surface area contributed by atoms with Crippen LogP contribution in [0.1, 0.15) is 40.5 Å². The Morgan fingerprint density at radius 2 is 1.47 bits per heavy atom. The lowest BCUT2D eigenvalue weighted by Gasteiger charge is -2.56. The van der Waals surface area contributed by atoms with Crippen LogP contribution in [-0.4, -0.2) is 75.4 Å². The van der Waals surface area contributed by atoms with Crippen LogP contribution in [0, 0.1) is 0 Å². The van der Waals surface area contributed by atoms with Crippen LogP contribution in [0.4, 0.5) is 0 Å². The molecule has 2 aliphatic heterocycles. The van der Waals surface area contributed by atoms with Gasteiger partial charge in [0.05, 0.1) is 19.6 Å². The zero-order valence-electron chi connectivity index (χ0n) is 20.7. The van der Waals surface area contributed by atoms with E-state index in [0.717, 1.165) is 0 Å². The standard InChI is InChI=1S/C24H34O10/c1-14(25)8-13-18(26)32-21-20-19(33-23(3,28-6)24(4,29-7)34-20)15(2)30-22(21)31-17-11-9-16(27-5)10-12-17/h9-12,15,19-22H,8,13H2,1-7H3/t15-,19-,20+,21+,22-,23?,24?/m1/s1. The second-order valence-corrected chi connectivity index (χ2v) is 8.62. The third kappa shape index (κ3) is 5.36. The smallest absolute Gasteiger partial charge is 0.306 e. The number of hydrogen-bond acceptors (Lipinski definition) is 10. The number of rotatable bonds is 9. The van der Waals surface area contributed by atoms with Gasteiger partial charge < -0.3 is 42.7 Å². The van der Waals surface area contributed by atoms with Crippen molar-refractivity contribution in [2.24, 2.45) is 0 Å². The van der Waals surface area contributed by atoms with Crippen LogP contribution in [0.15, 0.2) is 24.3 Å². The Morgan fingerprint density at radius 1 is 0.912 bits per heavy atom. The molecule has 34 heavy (non-hydrogen) atoms. The predicted octanol–water partition coefficient (Wildman–Crippen LogP) is 2.61. The predicted molar refractivity (Wildman–Crippen MR) is 118 cm³/mol. The van der Waals surface area contributed by atoms with Gasteiger partial charge in [-0.2, -0.15) is 0 Å². The number of fused-ring (bicyclic) bond motifs is 1. The minimum atomic E-state index is -1.32. The number of carbonyl (C=O) groups excluding carboxylic acids is 2. The first-order valence-electron chi connectivity index (χ1n) is 11.2. The van der Waals surface area contributed by atoms with Crippen molar-refractivity contribution in [1.82, 2.24) is 0 Å². The van der Waals surface area contributed by atoms with Crippen LogP contribution in [-0.2, 0) is 38.0 Å². The van der Waals surface area contributed by atoms with Crippen molar-refractivity contribution in [1.29, 1.82) is 0 Å². The molecule has 0 aromatic heterocycles. The molecule has 1 aromatic carbocycles. The molecule has 10 heteroatoms. The first-order chi connectivity index (χ1) is 16.1. The van der Waals surface area contributed by atoms with Crippen molar-refractivity contribution in [2.45, 2.75) is 82.8 Å². The van der Waals surface area contributed by atoms with Crippen LogP contribution in [0.5, 0.6) is 11.5 Å². The van der Waals surface area contributed by atoms with E-state index in [9.17, 15) is 9.59 Å². The quantitative estimate of drug-likeness (QED) is 0.487. The Labute approximate surface area is 199 Å². The van der Waals surface area contributed by atoms with Gasteiger partial charge in [-0.15, -0.1) is 0 Å². The van der Waals surface area contributed by atoms with Gasteiger partial charge in [0, 0.05) is 20.6 Å². The molecule has 2 aliphatic rings. The molecule has 0 saturated carbocycles. The zero-order chi connectivity index (χ0) is 25.1. The zero-order valence-corrected chi connectivity index (χ0v) is 20.7. The topological polar surface area (TPSA) is 108 Å². The van der Waals surface area contributed by atoms with Gasteiger partial charge in [-0.3, -0.25) is 4.79 Å². The maximum atomic E-state index is 12.6. The number of ether oxygens (including phenoxy) is 8. The van der Waals surface area contributed by atoms with Crippen molar-refractivity contribution in [3.8, 4) is 11.5 Å². The fourth-order valence-electron chi connectivity index (χ4n) is 3.97. The highest BCUT2D eigenvalue weighted by molar-refractivity contribution is 5.81. The van der Waals surface area contributed by atoms with Crippen molar-refractivity contribution in [3.63, 3.8) is 0 Å². The Morgan fingerprint density at radius 3 is 2.00 bits per heavy atom. The molecule has 0 bridgehead atoms. The van der Waals surface area contributed by atoms with E-state index >= 15 is 0 Å². The second-order valence-electron chi connectivity index (χ2n) is 8.62. The molecular formula is C24H34O10. The molecule has 2 fully saturated rings. The largest absolute Gasteiger partial charge is 0.497 e. The second kappa shape index (κ2) is 10.6. The maximum absolute atomic E-state index is 12.6. The monoisotopic (exact) mass is 482 g/mol. The van der Waals surface area contributed by atoms with Gasteiger partial charge in [0.25, 0.3) is 0 Å². The number of benzene rings is 1. The van der Waals surface area contributed by atoms with E-state index in [2.05, 4.69) is 0 Å². The summed E-state index contributed by atoms with van der Waals surface area (Å²) >= 11 is 0. The number of esters is 1. The molecule has 1 aromatic rings. The van der Waals surface area contributed by atoms with Gasteiger partial charge >= 0.3 is 5.97 Å². The molecule has 2 unspecified atom stereocenters. The molecule has 7 atom stereocenters. The van der Waals surface area contributed by atoms with Gasteiger partial charge in [-0.1, -0.05) is 0 Å². The van der Waals surface area contributed by atoms with E-state index < -0.39 is 48.2 Å². The molecule has 0 spiro atoms. The molecule has 0 N–H and O–H groups in total. The minimum absolute atomic E-state index is 0.0653. The number of Topliss-reactive ketones (excluding diaryl/α,β-unsaturated/α-hetero) is 1. The molecule has 0 radical (unpaired) electrons. The Bertz CT molecular complexity index is 858. The van der Waals surface area contributed by atoms with Gasteiger partial charge in [-0.05, 0) is 52.0 Å². The van der Waals surface area contributed by atoms with Crippen LogP contribution >= 0.6 is 0 Å². The summed E-state index contributed by atoms with van der Waals surface area (Å²) < 4.78 is 46.9.